The van der Waals surface area contributed by atoms with Crippen LogP contribution in [0, 0.1) is 5.92 Å². The lowest BCUT2D eigenvalue weighted by Crippen LogP contribution is -2.36. The molecule has 0 amide bonds. The maximum Gasteiger partial charge on any atom is 0.331 e. The fourth-order valence-corrected chi connectivity index (χ4v) is 2.51. The van der Waals surface area contributed by atoms with Crippen LogP contribution in [0.1, 0.15) is 19.3 Å². The third-order valence-electron chi connectivity index (χ3n) is 4.30. The van der Waals surface area contributed by atoms with E-state index in [0.717, 1.165) is 24.3 Å². The van der Waals surface area contributed by atoms with Gasteiger partial charge in [0.15, 0.2) is 0 Å². The van der Waals surface area contributed by atoms with Gasteiger partial charge in [0, 0.05) is 56.2 Å². The number of carbonyl (C=O) groups is 5. The Morgan fingerprint density at radius 1 is 0.833 bits per heavy atom. The van der Waals surface area contributed by atoms with E-state index in [4.69, 9.17) is 9.47 Å². The fourth-order valence-electron chi connectivity index (χ4n) is 2.51. The number of nitrogens with zero attached hydrogens (tertiary/aromatic N) is 1. The van der Waals surface area contributed by atoms with Crippen molar-refractivity contribution in [2.45, 2.75) is 19.3 Å². The van der Waals surface area contributed by atoms with Crippen LogP contribution in [0.4, 0.5) is 0 Å². The molecule has 1 saturated heterocycles. The van der Waals surface area contributed by atoms with Gasteiger partial charge in [-0.05, 0) is 13.0 Å². The van der Waals surface area contributed by atoms with Crippen molar-refractivity contribution in [3.05, 3.63) is 24.3 Å². The van der Waals surface area contributed by atoms with Crippen LogP contribution in [0.3, 0.4) is 0 Å². The summed E-state index contributed by atoms with van der Waals surface area (Å²) in [5, 5.41) is 0. The molecule has 1 fully saturated rings. The molecule has 0 unspecified atom stereocenters. The van der Waals surface area contributed by atoms with Crippen LogP contribution in [-0.2, 0) is 42.9 Å². The molecule has 1 heterocycles. The summed E-state index contributed by atoms with van der Waals surface area (Å²) in [6.45, 7) is 1.89. The van der Waals surface area contributed by atoms with Gasteiger partial charge in [-0.15, -0.1) is 0 Å². The van der Waals surface area contributed by atoms with Crippen LogP contribution >= 0.6 is 0 Å². The SMILES string of the molecule is COC(=O)/C=C/C(=O)OCC(CCN1CCC(=O)CC1)COC(=O)/C=C/C(=O)OC. The van der Waals surface area contributed by atoms with Crippen molar-refractivity contribution >= 4 is 29.7 Å². The van der Waals surface area contributed by atoms with Gasteiger partial charge >= 0.3 is 23.9 Å². The number of methoxy groups -OCH3 is 2. The minimum Gasteiger partial charge on any atom is -0.466 e. The number of Topliss-reactive ketones (excluding diaryl/α,β-unsaturated/α-hetero) is 1. The van der Waals surface area contributed by atoms with E-state index in [-0.39, 0.29) is 24.9 Å². The van der Waals surface area contributed by atoms with Crippen molar-refractivity contribution in [3.63, 3.8) is 0 Å². The molecule has 0 atom stereocenters. The van der Waals surface area contributed by atoms with Crippen LogP contribution in [0.25, 0.3) is 0 Å². The maximum atomic E-state index is 11.7. The zero-order chi connectivity index (χ0) is 22.4. The van der Waals surface area contributed by atoms with E-state index in [1.54, 1.807) is 0 Å². The summed E-state index contributed by atoms with van der Waals surface area (Å²) >= 11 is 0. The largest absolute Gasteiger partial charge is 0.466 e. The summed E-state index contributed by atoms with van der Waals surface area (Å²) in [5.41, 5.74) is 0. The topological polar surface area (TPSA) is 126 Å². The van der Waals surface area contributed by atoms with E-state index in [9.17, 15) is 24.0 Å². The minimum atomic E-state index is -0.731. The molecular weight excluding hydrogens is 398 g/mol. The van der Waals surface area contributed by atoms with Crippen LogP contribution < -0.4 is 0 Å². The Kier molecular flexibility index (Phi) is 11.7. The first-order chi connectivity index (χ1) is 14.3. The first kappa shape index (κ1) is 25.0. The Bertz CT molecular complexity index is 632. The number of hydrogen-bond acceptors (Lipinski definition) is 10. The first-order valence-corrected chi connectivity index (χ1v) is 9.43. The Labute approximate surface area is 174 Å². The minimum absolute atomic E-state index is 0.0366. The van der Waals surface area contributed by atoms with Gasteiger partial charge in [-0.25, -0.2) is 19.2 Å². The number of ketones is 1. The predicted octanol–water partition coefficient (Wildman–Crippen LogP) is 0.202. The molecule has 1 aliphatic rings. The predicted molar refractivity (Wildman–Crippen MR) is 103 cm³/mol. The molecule has 0 aromatic carbocycles. The summed E-state index contributed by atoms with van der Waals surface area (Å²) in [6, 6.07) is 0. The van der Waals surface area contributed by atoms with Crippen LogP contribution in [0.2, 0.25) is 0 Å². The van der Waals surface area contributed by atoms with Crippen molar-refractivity contribution in [1.29, 1.82) is 0 Å². The number of hydrogen-bond donors (Lipinski definition) is 0. The van der Waals surface area contributed by atoms with Gasteiger partial charge in [-0.2, -0.15) is 0 Å². The Morgan fingerprint density at radius 2 is 1.27 bits per heavy atom. The molecule has 1 rings (SSSR count). The van der Waals surface area contributed by atoms with Gasteiger partial charge in [0.25, 0.3) is 0 Å². The summed E-state index contributed by atoms with van der Waals surface area (Å²) in [6.07, 6.45) is 5.35. The molecular formula is C20H27NO9. The lowest BCUT2D eigenvalue weighted by molar-refractivity contribution is -0.144. The smallest absolute Gasteiger partial charge is 0.331 e. The molecule has 0 N–H and O–H groups in total. The molecule has 0 radical (unpaired) electrons. The normalized spacial score (nSPS) is 14.8. The highest BCUT2D eigenvalue weighted by Gasteiger charge is 2.19. The average molecular weight is 425 g/mol. The second-order valence-electron chi connectivity index (χ2n) is 6.51. The van der Waals surface area contributed by atoms with Gasteiger partial charge in [0.2, 0.25) is 0 Å². The highest BCUT2D eigenvalue weighted by molar-refractivity contribution is 5.92. The number of carbonyl (C=O) groups excluding carboxylic acids is 5. The van der Waals surface area contributed by atoms with Gasteiger partial charge in [0.05, 0.1) is 27.4 Å². The number of ether oxygens (including phenoxy) is 4. The number of likely N-dealkylation sites (tertiary alicyclic amines) is 1. The number of esters is 4. The summed E-state index contributed by atoms with van der Waals surface area (Å²) in [7, 11) is 2.37. The molecule has 0 saturated carbocycles. The highest BCUT2D eigenvalue weighted by Crippen LogP contribution is 2.11. The maximum absolute atomic E-state index is 11.7. The van der Waals surface area contributed by atoms with Crippen molar-refractivity contribution in [2.24, 2.45) is 5.92 Å². The molecule has 0 bridgehead atoms. The van der Waals surface area contributed by atoms with Crippen molar-refractivity contribution in [1.82, 2.24) is 4.90 Å². The molecule has 0 aromatic heterocycles. The molecule has 166 valence electrons. The average Bonchev–Trinajstić information content (AvgIpc) is 2.76. The van der Waals surface area contributed by atoms with Crippen LogP contribution in [0.15, 0.2) is 24.3 Å². The van der Waals surface area contributed by atoms with Crippen LogP contribution in [-0.4, -0.2) is 81.6 Å². The summed E-state index contributed by atoms with van der Waals surface area (Å²) in [5.74, 6) is -2.91. The second-order valence-corrected chi connectivity index (χ2v) is 6.51. The monoisotopic (exact) mass is 425 g/mol. The summed E-state index contributed by atoms with van der Waals surface area (Å²) < 4.78 is 19.0. The second kappa shape index (κ2) is 14.0. The van der Waals surface area contributed by atoms with Gasteiger partial charge < -0.3 is 23.8 Å². The molecule has 0 aliphatic carbocycles. The quantitative estimate of drug-likeness (QED) is 0.257. The van der Waals surface area contributed by atoms with Gasteiger partial charge in [-0.1, -0.05) is 0 Å². The van der Waals surface area contributed by atoms with E-state index >= 15 is 0 Å². The lowest BCUT2D eigenvalue weighted by atomic mass is 10.1. The van der Waals surface area contributed by atoms with Gasteiger partial charge in [-0.3, -0.25) is 4.79 Å². The zero-order valence-corrected chi connectivity index (χ0v) is 17.2. The molecule has 10 heteroatoms. The molecule has 0 spiro atoms. The summed E-state index contributed by atoms with van der Waals surface area (Å²) in [4.78, 5) is 58.9. The highest BCUT2D eigenvalue weighted by atomic mass is 16.5. The van der Waals surface area contributed by atoms with E-state index in [1.165, 1.54) is 14.2 Å². The van der Waals surface area contributed by atoms with E-state index in [1.807, 2.05) is 0 Å². The third kappa shape index (κ3) is 11.1. The molecule has 1 aliphatic heterocycles. The first-order valence-electron chi connectivity index (χ1n) is 9.43. The van der Waals surface area contributed by atoms with Crippen molar-refractivity contribution < 1.29 is 42.9 Å². The third-order valence-corrected chi connectivity index (χ3v) is 4.30. The standard InChI is InChI=1S/C20H27NO9/c1-27-17(23)3-5-19(25)29-13-15(7-10-21-11-8-16(22)9-12-21)14-30-20(26)6-4-18(24)28-2/h3-6,15H,7-14H2,1-2H3/b5-3+,6-4+. The Hall–Kier alpha value is -3.01. The van der Waals surface area contributed by atoms with Crippen LogP contribution in [0.5, 0.6) is 0 Å². The Balaban J connectivity index is 2.55. The molecule has 30 heavy (non-hydrogen) atoms. The number of piperidine rings is 1. The lowest BCUT2D eigenvalue weighted by Gasteiger charge is -2.27. The van der Waals surface area contributed by atoms with Crippen molar-refractivity contribution in [2.75, 3.05) is 47.1 Å². The van der Waals surface area contributed by atoms with Crippen molar-refractivity contribution in [3.8, 4) is 0 Å². The molecule has 0 aromatic rings. The van der Waals surface area contributed by atoms with Gasteiger partial charge in [0.1, 0.15) is 5.78 Å². The Morgan fingerprint density at radius 3 is 1.70 bits per heavy atom. The van der Waals surface area contributed by atoms with E-state index in [0.29, 0.717) is 38.9 Å². The van der Waals surface area contributed by atoms with E-state index in [2.05, 4.69) is 14.4 Å². The van der Waals surface area contributed by atoms with E-state index < -0.39 is 23.9 Å². The number of rotatable bonds is 11. The molecule has 10 nitrogen and oxygen atoms in total. The zero-order valence-electron chi connectivity index (χ0n) is 17.2. The fraction of sp³-hybridized carbons (Fsp3) is 0.550.